The lowest BCUT2D eigenvalue weighted by molar-refractivity contribution is -0.161. The van der Waals surface area contributed by atoms with Crippen molar-refractivity contribution in [3.63, 3.8) is 0 Å². The Bertz CT molecular complexity index is 823. The zero-order valence-corrected chi connectivity index (χ0v) is 29.8. The van der Waals surface area contributed by atoms with Crippen LogP contribution >= 0.6 is 0 Å². The van der Waals surface area contributed by atoms with Gasteiger partial charge in [0.1, 0.15) is 6.61 Å². The van der Waals surface area contributed by atoms with Gasteiger partial charge in [0, 0.05) is 12.8 Å². The fourth-order valence-electron chi connectivity index (χ4n) is 4.97. The van der Waals surface area contributed by atoms with Crippen molar-refractivity contribution in [3.05, 3.63) is 60.8 Å². The first-order valence-electron chi connectivity index (χ1n) is 18.8. The SMILES string of the molecule is CC/C=C\C/C=C\C/C=C\C/C=C\CCC(=O)OC(CO)COC(=O)CCCCCCCCCCC/C=C\CCCCCCCC. The molecule has 0 saturated carbocycles. The van der Waals surface area contributed by atoms with Crippen molar-refractivity contribution in [2.45, 2.75) is 174 Å². The molecule has 1 N–H and O–H groups in total. The molecule has 5 nitrogen and oxygen atoms in total. The number of esters is 2. The minimum absolute atomic E-state index is 0.0973. The van der Waals surface area contributed by atoms with Crippen LogP contribution in [0.1, 0.15) is 168 Å². The number of carbonyl (C=O) groups is 2. The van der Waals surface area contributed by atoms with E-state index in [0.717, 1.165) is 44.9 Å². The van der Waals surface area contributed by atoms with Crippen LogP contribution in [0.5, 0.6) is 0 Å². The van der Waals surface area contributed by atoms with Gasteiger partial charge in [0.05, 0.1) is 6.61 Å². The molecule has 264 valence electrons. The normalized spacial score (nSPS) is 12.8. The zero-order valence-electron chi connectivity index (χ0n) is 29.8. The van der Waals surface area contributed by atoms with Gasteiger partial charge >= 0.3 is 11.9 Å². The van der Waals surface area contributed by atoms with E-state index >= 15 is 0 Å². The van der Waals surface area contributed by atoms with Crippen molar-refractivity contribution < 1.29 is 24.2 Å². The van der Waals surface area contributed by atoms with Crippen molar-refractivity contribution >= 4 is 11.9 Å². The van der Waals surface area contributed by atoms with Crippen LogP contribution in [0.2, 0.25) is 0 Å². The molecular formula is C41H70O5. The second-order valence-electron chi connectivity index (χ2n) is 12.3. The molecular weight excluding hydrogens is 572 g/mol. The van der Waals surface area contributed by atoms with Crippen LogP contribution in [0.25, 0.3) is 0 Å². The third-order valence-electron chi connectivity index (χ3n) is 7.81. The van der Waals surface area contributed by atoms with Crippen LogP contribution in [-0.4, -0.2) is 36.4 Å². The van der Waals surface area contributed by atoms with E-state index in [1.54, 1.807) is 0 Å². The molecule has 0 aromatic heterocycles. The molecule has 0 aliphatic carbocycles. The molecule has 0 heterocycles. The minimum Gasteiger partial charge on any atom is -0.462 e. The Balaban J connectivity index is 3.63. The molecule has 0 aromatic carbocycles. The van der Waals surface area contributed by atoms with E-state index in [2.05, 4.69) is 62.5 Å². The van der Waals surface area contributed by atoms with E-state index < -0.39 is 12.1 Å². The molecule has 0 fully saturated rings. The second kappa shape index (κ2) is 37.1. The third kappa shape index (κ3) is 34.5. The van der Waals surface area contributed by atoms with Gasteiger partial charge in [-0.3, -0.25) is 9.59 Å². The molecule has 0 bridgehead atoms. The fourth-order valence-corrected chi connectivity index (χ4v) is 4.97. The monoisotopic (exact) mass is 643 g/mol. The van der Waals surface area contributed by atoms with Gasteiger partial charge in [0.25, 0.3) is 0 Å². The van der Waals surface area contributed by atoms with E-state index in [0.29, 0.717) is 12.8 Å². The number of allylic oxidation sites excluding steroid dienone is 10. The van der Waals surface area contributed by atoms with Gasteiger partial charge in [-0.25, -0.2) is 0 Å². The van der Waals surface area contributed by atoms with Gasteiger partial charge in [0.2, 0.25) is 0 Å². The third-order valence-corrected chi connectivity index (χ3v) is 7.81. The standard InChI is InChI=1S/C41H70O5/c1-3-5-7-9-11-13-15-17-18-19-20-21-22-24-25-27-29-31-33-35-40(43)45-38-39(37-42)46-41(44)36-34-32-30-28-26-23-16-14-12-10-8-6-4-2/h6,8,12,14,17-18,23,26,30,32,39,42H,3-5,7,9-11,13,15-16,19-22,24-25,27-29,31,33-38H2,1-2H3/b8-6-,14-12-,18-17-,26-23-,32-30-. The smallest absolute Gasteiger partial charge is 0.306 e. The van der Waals surface area contributed by atoms with Gasteiger partial charge < -0.3 is 14.6 Å². The van der Waals surface area contributed by atoms with E-state index in [1.165, 1.54) is 89.9 Å². The first-order chi connectivity index (χ1) is 22.6. The molecule has 5 heteroatoms. The molecule has 0 spiro atoms. The van der Waals surface area contributed by atoms with Crippen molar-refractivity contribution in [3.8, 4) is 0 Å². The number of aliphatic hydroxyl groups excluding tert-OH is 1. The summed E-state index contributed by atoms with van der Waals surface area (Å²) < 4.78 is 10.5. The predicted octanol–water partition coefficient (Wildman–Crippen LogP) is 11.6. The average molecular weight is 643 g/mol. The Morgan fingerprint density at radius 2 is 0.978 bits per heavy atom. The zero-order chi connectivity index (χ0) is 33.6. The number of rotatable bonds is 33. The van der Waals surface area contributed by atoms with E-state index in [-0.39, 0.29) is 25.6 Å². The maximum atomic E-state index is 12.1. The Morgan fingerprint density at radius 1 is 0.522 bits per heavy atom. The minimum atomic E-state index is -0.810. The van der Waals surface area contributed by atoms with Crippen molar-refractivity contribution in [2.75, 3.05) is 13.2 Å². The number of hydrogen-bond donors (Lipinski definition) is 1. The Morgan fingerprint density at radius 3 is 1.50 bits per heavy atom. The lowest BCUT2D eigenvalue weighted by atomic mass is 10.1. The highest BCUT2D eigenvalue weighted by atomic mass is 16.6. The Hall–Kier alpha value is -2.40. The van der Waals surface area contributed by atoms with Gasteiger partial charge in [0.15, 0.2) is 6.10 Å². The summed E-state index contributed by atoms with van der Waals surface area (Å²) in [4.78, 5) is 24.2. The molecule has 0 saturated heterocycles. The average Bonchev–Trinajstić information content (AvgIpc) is 3.06. The summed E-state index contributed by atoms with van der Waals surface area (Å²) in [5, 5.41) is 9.52. The van der Waals surface area contributed by atoms with Crippen LogP contribution in [-0.2, 0) is 19.1 Å². The van der Waals surface area contributed by atoms with Crippen molar-refractivity contribution in [2.24, 2.45) is 0 Å². The summed E-state index contributed by atoms with van der Waals surface area (Å²) in [5.41, 5.74) is 0. The summed E-state index contributed by atoms with van der Waals surface area (Å²) >= 11 is 0. The first-order valence-corrected chi connectivity index (χ1v) is 18.8. The quantitative estimate of drug-likeness (QED) is 0.0438. The number of unbranched alkanes of at least 4 members (excludes halogenated alkanes) is 15. The molecule has 1 unspecified atom stereocenters. The highest BCUT2D eigenvalue weighted by molar-refractivity contribution is 5.70. The molecule has 0 aliphatic rings. The lowest BCUT2D eigenvalue weighted by Gasteiger charge is -2.15. The highest BCUT2D eigenvalue weighted by Gasteiger charge is 2.15. The van der Waals surface area contributed by atoms with Crippen molar-refractivity contribution in [1.29, 1.82) is 0 Å². The largest absolute Gasteiger partial charge is 0.462 e. The molecule has 0 aliphatic heterocycles. The van der Waals surface area contributed by atoms with E-state index in [4.69, 9.17) is 9.47 Å². The fraction of sp³-hybridized carbons (Fsp3) is 0.707. The summed E-state index contributed by atoms with van der Waals surface area (Å²) in [7, 11) is 0. The van der Waals surface area contributed by atoms with Crippen LogP contribution in [0.4, 0.5) is 0 Å². The topological polar surface area (TPSA) is 72.8 Å². The Kier molecular flexibility index (Phi) is 35.1. The molecule has 0 amide bonds. The van der Waals surface area contributed by atoms with Crippen LogP contribution in [0.3, 0.4) is 0 Å². The molecule has 0 rings (SSSR count). The number of aliphatic hydroxyl groups is 1. The highest BCUT2D eigenvalue weighted by Crippen LogP contribution is 2.13. The lowest BCUT2D eigenvalue weighted by Crippen LogP contribution is -2.28. The molecule has 0 radical (unpaired) electrons. The number of hydrogen-bond acceptors (Lipinski definition) is 5. The summed E-state index contributed by atoms with van der Waals surface area (Å²) in [6.07, 6.45) is 47.2. The van der Waals surface area contributed by atoms with Crippen LogP contribution < -0.4 is 0 Å². The van der Waals surface area contributed by atoms with Gasteiger partial charge in [-0.15, -0.1) is 0 Å². The van der Waals surface area contributed by atoms with Crippen molar-refractivity contribution in [1.82, 2.24) is 0 Å². The summed E-state index contributed by atoms with van der Waals surface area (Å²) in [6, 6.07) is 0. The van der Waals surface area contributed by atoms with E-state index in [1.807, 2.05) is 12.2 Å². The molecule has 46 heavy (non-hydrogen) atoms. The molecule has 1 atom stereocenters. The van der Waals surface area contributed by atoms with E-state index in [9.17, 15) is 14.7 Å². The second-order valence-corrected chi connectivity index (χ2v) is 12.3. The maximum absolute atomic E-state index is 12.1. The summed E-state index contributed by atoms with van der Waals surface area (Å²) in [6.45, 7) is 3.94. The predicted molar refractivity (Wildman–Crippen MR) is 196 cm³/mol. The maximum Gasteiger partial charge on any atom is 0.306 e. The van der Waals surface area contributed by atoms with Crippen LogP contribution in [0.15, 0.2) is 60.8 Å². The number of carbonyl (C=O) groups excluding carboxylic acids is 2. The van der Waals surface area contributed by atoms with Gasteiger partial charge in [-0.2, -0.15) is 0 Å². The van der Waals surface area contributed by atoms with Gasteiger partial charge in [-0.05, 0) is 64.2 Å². The summed E-state index contributed by atoms with van der Waals surface area (Å²) in [5.74, 6) is -0.691. The molecule has 0 aromatic rings. The van der Waals surface area contributed by atoms with Gasteiger partial charge in [-0.1, -0.05) is 152 Å². The van der Waals surface area contributed by atoms with Crippen LogP contribution in [0, 0.1) is 0 Å². The number of ether oxygens (including phenoxy) is 2. The Labute approximate surface area is 283 Å². The first kappa shape index (κ1) is 43.6.